The van der Waals surface area contributed by atoms with Gasteiger partial charge in [0.1, 0.15) is 0 Å². The molecule has 1 aliphatic rings. The van der Waals surface area contributed by atoms with Crippen LogP contribution < -0.4 is 0 Å². The monoisotopic (exact) mass is 318 g/mol. The predicted octanol–water partition coefficient (Wildman–Crippen LogP) is 2.62. The van der Waals surface area contributed by atoms with Gasteiger partial charge in [-0.25, -0.2) is 0 Å². The normalized spacial score (nSPS) is 21.3. The number of aliphatic hydroxyl groups is 1. The number of nitro groups is 1. The number of aliphatic hydroxyl groups excluding tert-OH is 1. The second-order valence-electron chi connectivity index (χ2n) is 5.99. The first-order chi connectivity index (χ1) is 11.0. The molecule has 6 heteroatoms. The van der Waals surface area contributed by atoms with Crippen LogP contribution in [-0.2, 0) is 4.79 Å². The minimum atomic E-state index is -0.453. The summed E-state index contributed by atoms with van der Waals surface area (Å²) < 4.78 is 0. The smallest absolute Gasteiger partial charge is 0.270 e. The number of nitrogens with zero attached hydrogens (tertiary/aromatic N) is 2. The van der Waals surface area contributed by atoms with Gasteiger partial charge >= 0.3 is 0 Å². The molecule has 0 bridgehead atoms. The minimum Gasteiger partial charge on any atom is -0.396 e. The number of amides is 1. The summed E-state index contributed by atoms with van der Waals surface area (Å²) in [6, 6.07) is 6.38. The molecule has 0 aliphatic heterocycles. The molecule has 0 heterocycles. The number of non-ortho nitro benzene ring substituents is 1. The van der Waals surface area contributed by atoms with E-state index in [1.807, 2.05) is 0 Å². The third-order valence-corrected chi connectivity index (χ3v) is 4.47. The maximum Gasteiger partial charge on any atom is 0.270 e. The van der Waals surface area contributed by atoms with Gasteiger partial charge in [0.2, 0.25) is 5.91 Å². The summed E-state index contributed by atoms with van der Waals surface area (Å²) >= 11 is 0. The Hall–Kier alpha value is -2.21. The zero-order valence-corrected chi connectivity index (χ0v) is 13.2. The summed E-state index contributed by atoms with van der Waals surface area (Å²) in [5, 5.41) is 19.9. The van der Waals surface area contributed by atoms with E-state index in [2.05, 4.69) is 0 Å². The summed E-state index contributed by atoms with van der Waals surface area (Å²) in [7, 11) is 1.78. The third-order valence-electron chi connectivity index (χ3n) is 4.47. The Kier molecular flexibility index (Phi) is 5.87. The zero-order valence-electron chi connectivity index (χ0n) is 13.2. The van der Waals surface area contributed by atoms with E-state index in [1.54, 1.807) is 30.2 Å². The topological polar surface area (TPSA) is 83.7 Å². The average molecular weight is 318 g/mol. The Morgan fingerprint density at radius 2 is 2.09 bits per heavy atom. The number of hydrogen-bond acceptors (Lipinski definition) is 4. The lowest BCUT2D eigenvalue weighted by Crippen LogP contribution is -2.39. The number of hydrogen-bond donors (Lipinski definition) is 1. The van der Waals surface area contributed by atoms with Crippen LogP contribution in [0.2, 0.25) is 0 Å². The first-order valence-corrected chi connectivity index (χ1v) is 7.81. The molecule has 1 aromatic rings. The van der Waals surface area contributed by atoms with Crippen LogP contribution in [0.15, 0.2) is 30.3 Å². The van der Waals surface area contributed by atoms with Gasteiger partial charge in [-0.15, -0.1) is 0 Å². The number of benzene rings is 1. The van der Waals surface area contributed by atoms with Crippen molar-refractivity contribution in [2.24, 2.45) is 5.92 Å². The summed E-state index contributed by atoms with van der Waals surface area (Å²) in [6.45, 7) is 0.219. The van der Waals surface area contributed by atoms with Gasteiger partial charge in [-0.2, -0.15) is 0 Å². The van der Waals surface area contributed by atoms with Crippen LogP contribution in [0, 0.1) is 16.0 Å². The first kappa shape index (κ1) is 17.1. The second-order valence-corrected chi connectivity index (χ2v) is 5.99. The van der Waals surface area contributed by atoms with Gasteiger partial charge in [0, 0.05) is 37.9 Å². The molecule has 6 nitrogen and oxygen atoms in total. The van der Waals surface area contributed by atoms with E-state index in [9.17, 15) is 14.9 Å². The van der Waals surface area contributed by atoms with E-state index in [0.29, 0.717) is 11.5 Å². The van der Waals surface area contributed by atoms with Gasteiger partial charge < -0.3 is 10.0 Å². The van der Waals surface area contributed by atoms with Crippen molar-refractivity contribution in [3.8, 4) is 0 Å². The van der Waals surface area contributed by atoms with Crippen LogP contribution in [0.4, 0.5) is 5.69 Å². The van der Waals surface area contributed by atoms with Crippen LogP contribution in [-0.4, -0.2) is 40.5 Å². The molecule has 0 unspecified atom stereocenters. The van der Waals surface area contributed by atoms with E-state index < -0.39 is 4.92 Å². The Morgan fingerprint density at radius 1 is 1.39 bits per heavy atom. The molecule has 0 radical (unpaired) electrons. The zero-order chi connectivity index (χ0) is 16.8. The summed E-state index contributed by atoms with van der Waals surface area (Å²) in [4.78, 5) is 24.3. The lowest BCUT2D eigenvalue weighted by molar-refractivity contribution is -0.384. The van der Waals surface area contributed by atoms with Crippen LogP contribution in [0.5, 0.6) is 0 Å². The number of carbonyl (C=O) groups is 1. The van der Waals surface area contributed by atoms with Gasteiger partial charge in [-0.1, -0.05) is 12.1 Å². The Labute approximate surface area is 135 Å². The molecule has 1 amide bonds. The van der Waals surface area contributed by atoms with E-state index in [1.165, 1.54) is 18.2 Å². The van der Waals surface area contributed by atoms with Gasteiger partial charge in [0.05, 0.1) is 4.92 Å². The van der Waals surface area contributed by atoms with Crippen LogP contribution in [0.3, 0.4) is 0 Å². The number of carbonyl (C=O) groups excluding carboxylic acids is 1. The molecular weight excluding hydrogens is 296 g/mol. The highest BCUT2D eigenvalue weighted by atomic mass is 16.6. The van der Waals surface area contributed by atoms with E-state index in [4.69, 9.17) is 5.11 Å². The maximum absolute atomic E-state index is 12.2. The second kappa shape index (κ2) is 7.87. The summed E-state index contributed by atoms with van der Waals surface area (Å²) in [5.41, 5.74) is 0.639. The molecule has 1 N–H and O–H groups in total. The molecule has 23 heavy (non-hydrogen) atoms. The Bertz CT molecular complexity index is 592. The third kappa shape index (κ3) is 4.63. The molecule has 1 aromatic carbocycles. The summed E-state index contributed by atoms with van der Waals surface area (Å²) in [5.74, 6) is 0.249. The lowest BCUT2D eigenvalue weighted by Gasteiger charge is -2.33. The van der Waals surface area contributed by atoms with Crippen molar-refractivity contribution in [1.82, 2.24) is 4.90 Å². The SMILES string of the molecule is CN(C(=O)/C=C/c1cccc([N+](=O)[O-])c1)C1CCC(CO)CC1. The fraction of sp³-hybridized carbons (Fsp3) is 0.471. The Balaban J connectivity index is 1.95. The predicted molar refractivity (Wildman–Crippen MR) is 87.7 cm³/mol. The fourth-order valence-electron chi connectivity index (χ4n) is 2.92. The number of nitro benzene ring substituents is 1. The van der Waals surface area contributed by atoms with Crippen LogP contribution in [0.1, 0.15) is 31.2 Å². The van der Waals surface area contributed by atoms with Gasteiger partial charge in [-0.3, -0.25) is 14.9 Å². The first-order valence-electron chi connectivity index (χ1n) is 7.81. The van der Waals surface area contributed by atoms with E-state index in [-0.39, 0.29) is 24.2 Å². The van der Waals surface area contributed by atoms with Gasteiger partial charge in [-0.05, 0) is 43.2 Å². The molecule has 0 saturated heterocycles. The highest BCUT2D eigenvalue weighted by Gasteiger charge is 2.25. The van der Waals surface area contributed by atoms with Crippen molar-refractivity contribution < 1.29 is 14.8 Å². The van der Waals surface area contributed by atoms with Crippen molar-refractivity contribution in [3.05, 3.63) is 46.0 Å². The van der Waals surface area contributed by atoms with Crippen molar-refractivity contribution in [2.75, 3.05) is 13.7 Å². The molecule has 1 saturated carbocycles. The molecular formula is C17H22N2O4. The van der Waals surface area contributed by atoms with Crippen molar-refractivity contribution in [1.29, 1.82) is 0 Å². The molecule has 124 valence electrons. The minimum absolute atomic E-state index is 0.00952. The van der Waals surface area contributed by atoms with Crippen LogP contribution in [0.25, 0.3) is 6.08 Å². The van der Waals surface area contributed by atoms with E-state index in [0.717, 1.165) is 25.7 Å². The largest absolute Gasteiger partial charge is 0.396 e. The standard InChI is InChI=1S/C17H22N2O4/c1-18(15-8-5-14(12-20)6-9-15)17(21)10-7-13-3-2-4-16(11-13)19(22)23/h2-4,7,10-11,14-15,20H,5-6,8-9,12H2,1H3/b10-7+. The van der Waals surface area contributed by atoms with Crippen LogP contribution >= 0.6 is 0 Å². The Morgan fingerprint density at radius 3 is 2.70 bits per heavy atom. The van der Waals surface area contributed by atoms with Gasteiger partial charge in [0.25, 0.3) is 5.69 Å². The molecule has 0 spiro atoms. The highest BCUT2D eigenvalue weighted by molar-refractivity contribution is 5.91. The number of likely N-dealkylation sites (N-methyl/N-ethyl adjacent to an activating group) is 1. The average Bonchev–Trinajstić information content (AvgIpc) is 2.59. The molecule has 0 atom stereocenters. The number of rotatable bonds is 5. The van der Waals surface area contributed by atoms with E-state index >= 15 is 0 Å². The lowest BCUT2D eigenvalue weighted by atomic mass is 9.86. The quantitative estimate of drug-likeness (QED) is 0.514. The highest BCUT2D eigenvalue weighted by Crippen LogP contribution is 2.26. The molecule has 1 aliphatic carbocycles. The molecule has 1 fully saturated rings. The molecule has 2 rings (SSSR count). The van der Waals surface area contributed by atoms with Crippen molar-refractivity contribution in [2.45, 2.75) is 31.7 Å². The molecule has 0 aromatic heterocycles. The van der Waals surface area contributed by atoms with Gasteiger partial charge in [0.15, 0.2) is 0 Å². The fourth-order valence-corrected chi connectivity index (χ4v) is 2.92. The van der Waals surface area contributed by atoms with Crippen molar-refractivity contribution in [3.63, 3.8) is 0 Å². The van der Waals surface area contributed by atoms with Crippen molar-refractivity contribution >= 4 is 17.7 Å². The summed E-state index contributed by atoms with van der Waals surface area (Å²) in [6.07, 6.45) is 6.74. The maximum atomic E-state index is 12.2.